The largest absolute Gasteiger partial charge is 0.465 e. The molecule has 1 saturated carbocycles. The predicted molar refractivity (Wildman–Crippen MR) is 134 cm³/mol. The van der Waals surface area contributed by atoms with E-state index in [0.717, 1.165) is 30.8 Å². The van der Waals surface area contributed by atoms with E-state index in [1.54, 1.807) is 30.0 Å². The van der Waals surface area contributed by atoms with Gasteiger partial charge >= 0.3 is 6.09 Å². The van der Waals surface area contributed by atoms with Crippen LogP contribution in [0.15, 0.2) is 47.2 Å². The van der Waals surface area contributed by atoms with Gasteiger partial charge in [-0.05, 0) is 49.9 Å². The molecule has 2 aliphatic rings. The van der Waals surface area contributed by atoms with Gasteiger partial charge in [0.15, 0.2) is 5.76 Å². The molecule has 0 radical (unpaired) electrons. The number of nitrogens with one attached hydrogen (secondary N) is 1. The van der Waals surface area contributed by atoms with E-state index in [-0.39, 0.29) is 12.6 Å². The highest BCUT2D eigenvalue weighted by molar-refractivity contribution is 5.64. The highest BCUT2D eigenvalue weighted by atomic mass is 16.5. The van der Waals surface area contributed by atoms with E-state index >= 15 is 0 Å². The van der Waals surface area contributed by atoms with Crippen LogP contribution in [0, 0.1) is 29.6 Å². The van der Waals surface area contributed by atoms with Crippen molar-refractivity contribution in [1.82, 2.24) is 24.9 Å². The van der Waals surface area contributed by atoms with E-state index in [1.807, 2.05) is 31.2 Å². The molecule has 4 N–H and O–H groups in total. The summed E-state index contributed by atoms with van der Waals surface area (Å²) in [4.78, 5) is 17.6. The number of hydrogen-bond donors (Lipinski definition) is 4. The number of piperidine rings is 1. The maximum absolute atomic E-state index is 11.1. The van der Waals surface area contributed by atoms with Crippen molar-refractivity contribution in [1.29, 1.82) is 0 Å². The lowest BCUT2D eigenvalue weighted by molar-refractivity contribution is 0.132. The molecule has 10 heteroatoms. The Morgan fingerprint density at radius 2 is 1.95 bits per heavy atom. The summed E-state index contributed by atoms with van der Waals surface area (Å²) in [6, 6.07) is 8.98. The van der Waals surface area contributed by atoms with Crippen molar-refractivity contribution in [3.8, 4) is 23.2 Å². The molecule has 1 aliphatic heterocycles. The minimum absolute atomic E-state index is 0.0336. The number of nitrogens with zero attached hydrogens (tertiary/aromatic N) is 4. The molecule has 3 aromatic rings. The average molecular weight is 506 g/mol. The summed E-state index contributed by atoms with van der Waals surface area (Å²) in [6.07, 6.45) is 0.950. The number of carboxylic acid groups (broad SMARTS) is 1. The first-order valence-electron chi connectivity index (χ1n) is 12.5. The van der Waals surface area contributed by atoms with Crippen LogP contribution in [0.5, 0.6) is 0 Å². The van der Waals surface area contributed by atoms with Crippen LogP contribution in [-0.2, 0) is 0 Å². The number of benzene rings is 1. The van der Waals surface area contributed by atoms with Gasteiger partial charge in [-0.2, -0.15) is 0 Å². The first-order chi connectivity index (χ1) is 17.8. The number of fused-ring (bicyclic) bond motifs is 1. The lowest BCUT2D eigenvalue weighted by Crippen LogP contribution is -2.31. The normalized spacial score (nSPS) is 23.0. The fourth-order valence-corrected chi connectivity index (χ4v) is 5.26. The third-order valence-corrected chi connectivity index (χ3v) is 7.07. The van der Waals surface area contributed by atoms with Crippen LogP contribution >= 0.6 is 0 Å². The molecule has 0 spiro atoms. The number of likely N-dealkylation sites (tertiary alicyclic amines) is 1. The van der Waals surface area contributed by atoms with Crippen LogP contribution in [0.25, 0.3) is 11.3 Å². The topological polar surface area (TPSA) is 137 Å². The lowest BCUT2D eigenvalue weighted by atomic mass is 10.1. The maximum atomic E-state index is 11.1. The fourth-order valence-electron chi connectivity index (χ4n) is 5.26. The van der Waals surface area contributed by atoms with E-state index in [1.165, 1.54) is 0 Å². The molecule has 0 bridgehead atoms. The van der Waals surface area contributed by atoms with Gasteiger partial charge in [-0.1, -0.05) is 17.0 Å². The van der Waals surface area contributed by atoms with Crippen molar-refractivity contribution in [2.24, 2.45) is 17.8 Å². The second kappa shape index (κ2) is 10.4. The Hall–Kier alpha value is -3.65. The van der Waals surface area contributed by atoms with Crippen molar-refractivity contribution in [2.75, 3.05) is 26.2 Å². The Balaban J connectivity index is 1.26. The second-order valence-electron chi connectivity index (χ2n) is 9.95. The minimum atomic E-state index is -1.16. The molecule has 2 fully saturated rings. The molecular weight excluding hydrogens is 474 g/mol. The molecule has 1 aliphatic carbocycles. The predicted octanol–water partition coefficient (Wildman–Crippen LogP) is 2.36. The van der Waals surface area contributed by atoms with Crippen LogP contribution < -0.4 is 5.32 Å². The van der Waals surface area contributed by atoms with E-state index in [4.69, 9.17) is 9.63 Å². The number of imidazole rings is 1. The molecule has 1 saturated heterocycles. The highest BCUT2D eigenvalue weighted by Gasteiger charge is 2.54. The molecule has 1 amide bonds. The Kier molecular flexibility index (Phi) is 7.02. The number of hydrogen-bond acceptors (Lipinski definition) is 7. The molecule has 1 unspecified atom stereocenters. The Bertz CT molecular complexity index is 1290. The zero-order chi connectivity index (χ0) is 26.1. The lowest BCUT2D eigenvalue weighted by Gasteiger charge is -2.19. The second-order valence-corrected chi connectivity index (χ2v) is 9.95. The summed E-state index contributed by atoms with van der Waals surface area (Å²) in [7, 11) is 0. The summed E-state index contributed by atoms with van der Waals surface area (Å²) >= 11 is 0. The quantitative estimate of drug-likeness (QED) is 0.343. The van der Waals surface area contributed by atoms with E-state index in [9.17, 15) is 15.0 Å². The molecule has 5 rings (SSSR count). The van der Waals surface area contributed by atoms with Crippen LogP contribution in [0.3, 0.4) is 0 Å². The van der Waals surface area contributed by atoms with Crippen LogP contribution in [0.4, 0.5) is 4.79 Å². The third kappa shape index (κ3) is 5.54. The van der Waals surface area contributed by atoms with Crippen molar-refractivity contribution in [3.05, 3.63) is 59.8 Å². The fraction of sp³-hybridized carbons (Fsp3) is 0.444. The van der Waals surface area contributed by atoms with Crippen molar-refractivity contribution in [2.45, 2.75) is 32.1 Å². The first-order valence-corrected chi connectivity index (χ1v) is 12.5. The zero-order valence-corrected chi connectivity index (χ0v) is 20.8. The number of rotatable bonds is 8. The van der Waals surface area contributed by atoms with Gasteiger partial charge < -0.3 is 34.6 Å². The van der Waals surface area contributed by atoms with Gasteiger partial charge in [0.05, 0.1) is 12.1 Å². The molecule has 194 valence electrons. The van der Waals surface area contributed by atoms with Gasteiger partial charge in [0.1, 0.15) is 17.6 Å². The van der Waals surface area contributed by atoms with Crippen LogP contribution in [0.1, 0.15) is 43.1 Å². The van der Waals surface area contributed by atoms with Gasteiger partial charge in [0.2, 0.25) is 0 Å². The molecule has 37 heavy (non-hydrogen) atoms. The number of aromatic nitrogens is 3. The SMILES string of the molecule is CC(O)CN1C[C@@H]2[C@@H](C#Cc3ccc(-c4cc([C@@H](CNC(=O)O)n5ccnc5[C@H](C)O)no4)cc3)[C@@H]2C1. The molecule has 3 heterocycles. The Morgan fingerprint density at radius 1 is 1.22 bits per heavy atom. The number of aliphatic hydroxyl groups is 2. The highest BCUT2D eigenvalue weighted by Crippen LogP contribution is 2.51. The number of amides is 1. The standard InChI is InChI=1S/C27H31N5O5/c1-16(33)13-31-14-21-20(22(21)15-31)8-5-18-3-6-19(7-4-18)25-11-23(30-37-25)24(12-29-27(35)36)32-10-9-28-26(32)17(2)34/h3-4,6-7,9-11,16-17,20-22,24,29,33-34H,12-15H2,1-2H3,(H,35,36)/t16?,17-,20-,21-,22+,24+/m0/s1. The molecule has 10 nitrogen and oxygen atoms in total. The van der Waals surface area contributed by atoms with Crippen molar-refractivity contribution >= 4 is 6.09 Å². The molecule has 2 aromatic heterocycles. The van der Waals surface area contributed by atoms with Gasteiger partial charge in [0, 0.05) is 61.7 Å². The monoisotopic (exact) mass is 505 g/mol. The summed E-state index contributed by atoms with van der Waals surface area (Å²) in [5.41, 5.74) is 2.27. The van der Waals surface area contributed by atoms with E-state index < -0.39 is 18.2 Å². The minimum Gasteiger partial charge on any atom is -0.465 e. The van der Waals surface area contributed by atoms with Crippen molar-refractivity contribution < 1.29 is 24.6 Å². The number of β-amino-alcohol motifs (C(OH)–C–C–N with tert-alkyl or cyclic N) is 1. The summed E-state index contributed by atoms with van der Waals surface area (Å²) in [5, 5.41) is 35.3. The molecule has 6 atom stereocenters. The summed E-state index contributed by atoms with van der Waals surface area (Å²) in [6.45, 7) is 6.23. The third-order valence-electron chi connectivity index (χ3n) is 7.07. The number of carbonyl (C=O) groups is 1. The van der Waals surface area contributed by atoms with Crippen LogP contribution in [-0.4, -0.2) is 73.3 Å². The van der Waals surface area contributed by atoms with Gasteiger partial charge in [-0.15, -0.1) is 0 Å². The zero-order valence-electron chi connectivity index (χ0n) is 20.8. The Labute approximate surface area is 214 Å². The smallest absolute Gasteiger partial charge is 0.404 e. The molecular formula is C27H31N5O5. The van der Waals surface area contributed by atoms with Crippen molar-refractivity contribution in [3.63, 3.8) is 0 Å². The van der Waals surface area contributed by atoms with Gasteiger partial charge in [-0.3, -0.25) is 0 Å². The van der Waals surface area contributed by atoms with E-state index in [2.05, 4.69) is 32.2 Å². The van der Waals surface area contributed by atoms with E-state index in [0.29, 0.717) is 35.0 Å². The van der Waals surface area contributed by atoms with Gasteiger partial charge in [0.25, 0.3) is 0 Å². The summed E-state index contributed by atoms with van der Waals surface area (Å²) < 4.78 is 7.28. The summed E-state index contributed by atoms with van der Waals surface area (Å²) in [5.74, 6) is 9.33. The van der Waals surface area contributed by atoms with Crippen LogP contribution in [0.2, 0.25) is 0 Å². The Morgan fingerprint density at radius 3 is 2.59 bits per heavy atom. The first kappa shape index (κ1) is 25.0. The average Bonchev–Trinajstić information content (AvgIpc) is 3.34. The molecule has 1 aromatic carbocycles. The maximum Gasteiger partial charge on any atom is 0.404 e. The number of aliphatic hydroxyl groups excluding tert-OH is 2. The van der Waals surface area contributed by atoms with Gasteiger partial charge in [-0.25, -0.2) is 9.78 Å².